The standard InChI is InChI=1S/C36H22BNO3.C36H22BNO2S.C30H19BO2/c1-5-13-30-26(9-1)37-27-10-2-6-14-31(27)40-35-22-24(21-34(39-30)36(35)37)23-17-19-25(20-18-23)38-28-11-3-7-15-32(28)41-33-16-8-4-12-29(33)38;1-5-13-30-26(9-1)37-27-10-2-6-14-31(27)40-33-22-24(21-32(39-30)36(33)37)23-17-19-25(20-18-23)38-28-11-3-7-15-34(28)41-35-16-8-4-12-29(35)38;1-3-11-20(12-4-1)22-19-23(21-13-5-2-6-14-21)30-28-29(22)32-26-17-9-7-15-24(26)31(28)25-16-8-10-18-27(25)33-30/h2*1-22H;1-19H. The first-order valence-corrected chi connectivity index (χ1v) is 39.6. The van der Waals surface area contributed by atoms with Crippen molar-refractivity contribution in [1.29, 1.82) is 0 Å². The molecule has 0 fully saturated rings. The summed E-state index contributed by atoms with van der Waals surface area (Å²) in [5, 5.41) is 0. The molecule has 8 aliphatic heterocycles. The second kappa shape index (κ2) is 27.2. The van der Waals surface area contributed by atoms with Gasteiger partial charge in [-0.2, -0.15) is 0 Å². The van der Waals surface area contributed by atoms with Gasteiger partial charge in [0.15, 0.2) is 11.5 Å². The highest BCUT2D eigenvalue weighted by molar-refractivity contribution is 7.99. The number of rotatable bonds is 6. The fourth-order valence-electron chi connectivity index (χ4n) is 17.8. The van der Waals surface area contributed by atoms with Gasteiger partial charge in [0.2, 0.25) is 0 Å². The van der Waals surface area contributed by atoms with Crippen LogP contribution in [0.4, 0.5) is 34.1 Å². The van der Waals surface area contributed by atoms with Crippen LogP contribution in [0, 0.1) is 0 Å². The zero-order valence-corrected chi connectivity index (χ0v) is 62.6. The van der Waals surface area contributed by atoms with Crippen LogP contribution in [0.15, 0.2) is 392 Å². The highest BCUT2D eigenvalue weighted by Gasteiger charge is 2.45. The molecule has 17 aromatic rings. The molecule has 0 atom stereocenters. The van der Waals surface area contributed by atoms with Crippen LogP contribution in [0.2, 0.25) is 0 Å². The Morgan fingerprint density at radius 2 is 0.461 bits per heavy atom. The van der Waals surface area contributed by atoms with E-state index >= 15 is 0 Å². The van der Waals surface area contributed by atoms with Crippen LogP contribution in [0.25, 0.3) is 44.5 Å². The molecule has 0 spiro atoms. The van der Waals surface area contributed by atoms with Gasteiger partial charge in [0.25, 0.3) is 20.1 Å². The minimum atomic E-state index is 0.0519. The zero-order chi connectivity index (χ0) is 75.6. The van der Waals surface area contributed by atoms with Crippen molar-refractivity contribution >= 4 is 115 Å². The first kappa shape index (κ1) is 66.3. The molecule has 25 rings (SSSR count). The molecule has 0 amide bonds. The second-order valence-corrected chi connectivity index (χ2v) is 30.6. The normalized spacial score (nSPS) is 13.2. The third-order valence-corrected chi connectivity index (χ3v) is 24.1. The van der Waals surface area contributed by atoms with Gasteiger partial charge in [0.1, 0.15) is 69.0 Å². The van der Waals surface area contributed by atoms with Crippen LogP contribution in [0.1, 0.15) is 0 Å². The molecule has 115 heavy (non-hydrogen) atoms. The van der Waals surface area contributed by atoms with Gasteiger partial charge < -0.3 is 43.0 Å². The lowest BCUT2D eigenvalue weighted by molar-refractivity contribution is 0.464. The Morgan fingerprint density at radius 3 is 0.817 bits per heavy atom. The predicted octanol–water partition coefficient (Wildman–Crippen LogP) is 21.4. The minimum Gasteiger partial charge on any atom is -0.458 e. The third kappa shape index (κ3) is 11.1. The van der Waals surface area contributed by atoms with Crippen molar-refractivity contribution < 1.29 is 33.2 Å². The monoisotopic (exact) mass is 1490 g/mol. The van der Waals surface area contributed by atoms with Crippen molar-refractivity contribution in [2.45, 2.75) is 9.79 Å². The van der Waals surface area contributed by atoms with E-state index in [0.29, 0.717) is 0 Å². The minimum absolute atomic E-state index is 0.0519. The molecule has 0 saturated carbocycles. The summed E-state index contributed by atoms with van der Waals surface area (Å²) in [4.78, 5) is 7.12. The summed E-state index contributed by atoms with van der Waals surface area (Å²) < 4.78 is 45.5. The molecule has 0 saturated heterocycles. The molecular weight excluding hydrogens is 1430 g/mol. The molecule has 13 heteroatoms. The average molecular weight is 1490 g/mol. The van der Waals surface area contributed by atoms with E-state index in [4.69, 9.17) is 33.2 Å². The summed E-state index contributed by atoms with van der Waals surface area (Å²) >= 11 is 1.82. The van der Waals surface area contributed by atoms with E-state index < -0.39 is 0 Å². The van der Waals surface area contributed by atoms with Crippen molar-refractivity contribution in [2.75, 3.05) is 9.80 Å². The molecule has 0 N–H and O–H groups in total. The summed E-state index contributed by atoms with van der Waals surface area (Å²) in [6.07, 6.45) is 0. The molecule has 0 aromatic heterocycles. The Morgan fingerprint density at radius 1 is 0.191 bits per heavy atom. The quantitative estimate of drug-likeness (QED) is 0.150. The van der Waals surface area contributed by atoms with Crippen molar-refractivity contribution in [3.8, 4) is 125 Å². The second-order valence-electron chi connectivity index (χ2n) is 29.5. The van der Waals surface area contributed by atoms with E-state index in [1.165, 1.54) is 53.9 Å². The largest absolute Gasteiger partial charge is 0.458 e. The highest BCUT2D eigenvalue weighted by Crippen LogP contribution is 2.54. The van der Waals surface area contributed by atoms with Crippen LogP contribution >= 0.6 is 11.8 Å². The predicted molar refractivity (Wildman–Crippen MR) is 468 cm³/mol. The van der Waals surface area contributed by atoms with Gasteiger partial charge in [-0.3, -0.25) is 0 Å². The highest BCUT2D eigenvalue weighted by atomic mass is 32.2. The molecule has 17 aromatic carbocycles. The van der Waals surface area contributed by atoms with Crippen LogP contribution in [-0.2, 0) is 0 Å². The van der Waals surface area contributed by atoms with E-state index in [-0.39, 0.29) is 20.1 Å². The SMILES string of the molecule is c1ccc(-c2cc(-c3ccccc3)c3c4c2Oc2ccccc2B4c2ccccc2O3)cc1.c1ccc2c(c1)Oc1cc(-c3ccc(N4c5ccccc5Oc5ccccc54)cc3)cc3c1B2c1ccccc1O3.c1ccc2c(c1)Oc1cc(-c3ccc(N4c5ccccc5Sc5ccccc54)cc3)cc3c1B2c1ccccc1O3. The van der Waals surface area contributed by atoms with Crippen LogP contribution < -0.4 is 92.1 Å². The summed E-state index contributed by atoms with van der Waals surface area (Å²) in [6.45, 7) is 0.215. The van der Waals surface area contributed by atoms with E-state index in [1.807, 2.05) is 96.7 Å². The molecule has 538 valence electrons. The van der Waals surface area contributed by atoms with E-state index in [2.05, 4.69) is 307 Å². The van der Waals surface area contributed by atoms with Gasteiger partial charge in [-0.25, -0.2) is 0 Å². The molecule has 8 aliphatic rings. The molecule has 8 heterocycles. The fraction of sp³-hybridized carbons (Fsp3) is 0. The molecular formula is C102H63B3N2O7S. The number of nitrogens with zero attached hydrogens (tertiary/aromatic N) is 2. The maximum Gasteiger partial charge on any atom is 0.260 e. The van der Waals surface area contributed by atoms with E-state index in [9.17, 15) is 0 Å². The summed E-state index contributed by atoms with van der Waals surface area (Å²) in [5.74, 6) is 12.3. The fourth-order valence-corrected chi connectivity index (χ4v) is 18.9. The number of hydrogen-bond donors (Lipinski definition) is 0. The van der Waals surface area contributed by atoms with Gasteiger partial charge in [0.05, 0.1) is 22.7 Å². The van der Waals surface area contributed by atoms with E-state index in [1.54, 1.807) is 0 Å². The number of anilines is 6. The van der Waals surface area contributed by atoms with Crippen LogP contribution in [0.3, 0.4) is 0 Å². The summed E-state index contributed by atoms with van der Waals surface area (Å²) in [7, 11) is 0. The number of hydrogen-bond acceptors (Lipinski definition) is 10. The van der Waals surface area contributed by atoms with Crippen LogP contribution in [-0.4, -0.2) is 20.1 Å². The topological polar surface area (TPSA) is 71.1 Å². The average Bonchev–Trinajstić information content (AvgIpc) is 0.711. The lowest BCUT2D eigenvalue weighted by Crippen LogP contribution is -2.57. The van der Waals surface area contributed by atoms with Gasteiger partial charge in [-0.1, -0.05) is 254 Å². The number of fused-ring (bicyclic) bond motifs is 16. The Balaban J connectivity index is 0.000000103. The first-order chi connectivity index (χ1) is 57.0. The van der Waals surface area contributed by atoms with Crippen molar-refractivity contribution in [3.63, 3.8) is 0 Å². The lowest BCUT2D eigenvalue weighted by atomic mass is 9.34. The third-order valence-electron chi connectivity index (χ3n) is 23.0. The van der Waals surface area contributed by atoms with Crippen molar-refractivity contribution in [1.82, 2.24) is 0 Å². The van der Waals surface area contributed by atoms with Crippen molar-refractivity contribution in [2.24, 2.45) is 0 Å². The van der Waals surface area contributed by atoms with Crippen LogP contribution in [0.5, 0.6) is 80.5 Å². The summed E-state index contributed by atoms with van der Waals surface area (Å²) in [5.41, 5.74) is 25.7. The molecule has 0 aliphatic carbocycles. The molecule has 0 unspecified atom stereocenters. The Bertz CT molecular complexity index is 6170. The number of para-hydroxylation sites is 12. The maximum atomic E-state index is 6.64. The molecule has 0 radical (unpaired) electrons. The van der Waals surface area contributed by atoms with Crippen molar-refractivity contribution in [3.05, 3.63) is 382 Å². The number of ether oxygens (including phenoxy) is 7. The Labute approximate surface area is 670 Å². The van der Waals surface area contributed by atoms with E-state index in [0.717, 1.165) is 164 Å². The van der Waals surface area contributed by atoms with Gasteiger partial charge >= 0.3 is 0 Å². The van der Waals surface area contributed by atoms with Gasteiger partial charge in [-0.05, 0) is 206 Å². The summed E-state index contributed by atoms with van der Waals surface area (Å²) in [6, 6.07) is 133. The number of benzene rings is 17. The van der Waals surface area contributed by atoms with Gasteiger partial charge in [0, 0.05) is 48.7 Å². The zero-order valence-electron chi connectivity index (χ0n) is 61.8. The smallest absolute Gasteiger partial charge is 0.260 e. The van der Waals surface area contributed by atoms with Gasteiger partial charge in [-0.15, -0.1) is 0 Å². The Kier molecular flexibility index (Phi) is 15.7. The first-order valence-electron chi connectivity index (χ1n) is 38.8. The molecule has 9 nitrogen and oxygen atoms in total. The lowest BCUT2D eigenvalue weighted by Gasteiger charge is -2.35. The molecule has 0 bridgehead atoms. The Hall–Kier alpha value is -14.5. The maximum absolute atomic E-state index is 6.64.